The van der Waals surface area contributed by atoms with Crippen molar-refractivity contribution in [3.8, 4) is 0 Å². The SMILES string of the molecule is CC1COC(CN)CN1C(=O)c1cncnc1. The summed E-state index contributed by atoms with van der Waals surface area (Å²) in [5, 5.41) is 0. The maximum Gasteiger partial charge on any atom is 0.257 e. The molecule has 2 N–H and O–H groups in total. The van der Waals surface area contributed by atoms with Crippen molar-refractivity contribution in [1.82, 2.24) is 14.9 Å². The fraction of sp³-hybridized carbons (Fsp3) is 0.545. The maximum atomic E-state index is 12.2. The van der Waals surface area contributed by atoms with E-state index < -0.39 is 0 Å². The van der Waals surface area contributed by atoms with E-state index >= 15 is 0 Å². The van der Waals surface area contributed by atoms with Gasteiger partial charge >= 0.3 is 0 Å². The molecule has 0 bridgehead atoms. The van der Waals surface area contributed by atoms with E-state index in [1.807, 2.05) is 6.92 Å². The standard InChI is InChI=1S/C11H16N4O2/c1-8-6-17-10(2-12)5-15(8)11(16)9-3-13-7-14-4-9/h3-4,7-8,10H,2,5-6,12H2,1H3. The summed E-state index contributed by atoms with van der Waals surface area (Å²) in [5.74, 6) is -0.0696. The lowest BCUT2D eigenvalue weighted by Crippen LogP contribution is -2.52. The topological polar surface area (TPSA) is 81.3 Å². The molecule has 2 atom stereocenters. The Bertz CT molecular complexity index is 384. The third-order valence-corrected chi connectivity index (χ3v) is 2.84. The van der Waals surface area contributed by atoms with Gasteiger partial charge in [-0.1, -0.05) is 0 Å². The molecule has 17 heavy (non-hydrogen) atoms. The number of rotatable bonds is 2. The van der Waals surface area contributed by atoms with Crippen molar-refractivity contribution >= 4 is 5.91 Å². The number of carbonyl (C=O) groups is 1. The molecule has 0 saturated carbocycles. The largest absolute Gasteiger partial charge is 0.373 e. The number of nitrogens with zero attached hydrogens (tertiary/aromatic N) is 3. The summed E-state index contributed by atoms with van der Waals surface area (Å²) >= 11 is 0. The van der Waals surface area contributed by atoms with Crippen molar-refractivity contribution in [2.75, 3.05) is 19.7 Å². The number of amides is 1. The molecule has 1 aliphatic heterocycles. The number of morpholine rings is 1. The van der Waals surface area contributed by atoms with Crippen LogP contribution in [0, 0.1) is 0 Å². The van der Waals surface area contributed by atoms with Crippen molar-refractivity contribution in [1.29, 1.82) is 0 Å². The monoisotopic (exact) mass is 236 g/mol. The first-order valence-electron chi connectivity index (χ1n) is 5.60. The van der Waals surface area contributed by atoms with Gasteiger partial charge in [0.2, 0.25) is 0 Å². The molecule has 0 radical (unpaired) electrons. The average Bonchev–Trinajstić information content (AvgIpc) is 2.39. The molecular formula is C11H16N4O2. The highest BCUT2D eigenvalue weighted by Crippen LogP contribution is 2.14. The molecule has 6 nitrogen and oxygen atoms in total. The van der Waals surface area contributed by atoms with Gasteiger partial charge in [-0.15, -0.1) is 0 Å². The molecule has 2 heterocycles. The zero-order valence-corrected chi connectivity index (χ0v) is 9.74. The Morgan fingerprint density at radius 1 is 1.59 bits per heavy atom. The van der Waals surface area contributed by atoms with E-state index in [-0.39, 0.29) is 18.1 Å². The first-order valence-corrected chi connectivity index (χ1v) is 5.60. The van der Waals surface area contributed by atoms with Gasteiger partial charge < -0.3 is 15.4 Å². The summed E-state index contributed by atoms with van der Waals surface area (Å²) in [7, 11) is 0. The molecule has 0 aromatic carbocycles. The fourth-order valence-electron chi connectivity index (χ4n) is 1.82. The Morgan fingerprint density at radius 2 is 2.29 bits per heavy atom. The molecule has 0 aliphatic carbocycles. The van der Waals surface area contributed by atoms with Crippen LogP contribution in [-0.4, -0.2) is 52.6 Å². The molecule has 0 spiro atoms. The van der Waals surface area contributed by atoms with Gasteiger partial charge in [0.25, 0.3) is 5.91 Å². The van der Waals surface area contributed by atoms with Crippen LogP contribution in [0.4, 0.5) is 0 Å². The lowest BCUT2D eigenvalue weighted by Gasteiger charge is -2.37. The molecule has 2 unspecified atom stereocenters. The van der Waals surface area contributed by atoms with Crippen molar-refractivity contribution in [3.63, 3.8) is 0 Å². The van der Waals surface area contributed by atoms with Crippen LogP contribution in [0.25, 0.3) is 0 Å². The van der Waals surface area contributed by atoms with Gasteiger partial charge in [0.15, 0.2) is 0 Å². The Kier molecular flexibility index (Phi) is 3.65. The van der Waals surface area contributed by atoms with Gasteiger partial charge in [0.05, 0.1) is 24.3 Å². The molecule has 1 fully saturated rings. The van der Waals surface area contributed by atoms with E-state index in [1.54, 1.807) is 4.90 Å². The average molecular weight is 236 g/mol. The van der Waals surface area contributed by atoms with Crippen molar-refractivity contribution in [2.24, 2.45) is 5.73 Å². The minimum Gasteiger partial charge on any atom is -0.373 e. The second-order valence-corrected chi connectivity index (χ2v) is 4.12. The highest BCUT2D eigenvalue weighted by atomic mass is 16.5. The van der Waals surface area contributed by atoms with Crippen molar-refractivity contribution < 1.29 is 9.53 Å². The first kappa shape index (κ1) is 11.9. The zero-order valence-electron chi connectivity index (χ0n) is 9.74. The minimum atomic E-state index is -0.0835. The van der Waals surface area contributed by atoms with E-state index in [4.69, 9.17) is 10.5 Å². The molecular weight excluding hydrogens is 220 g/mol. The first-order chi connectivity index (χ1) is 8.22. The lowest BCUT2D eigenvalue weighted by molar-refractivity contribution is -0.0426. The summed E-state index contributed by atoms with van der Waals surface area (Å²) in [4.78, 5) is 21.7. The van der Waals surface area contributed by atoms with E-state index in [9.17, 15) is 4.79 Å². The van der Waals surface area contributed by atoms with Gasteiger partial charge in [-0.3, -0.25) is 4.79 Å². The van der Waals surface area contributed by atoms with Crippen LogP contribution in [-0.2, 0) is 4.74 Å². The normalized spacial score (nSPS) is 24.7. The number of hydrogen-bond donors (Lipinski definition) is 1. The predicted octanol–water partition coefficient (Wildman–Crippen LogP) is -0.335. The number of ether oxygens (including phenoxy) is 1. The van der Waals surface area contributed by atoms with Crippen LogP contribution in [0.2, 0.25) is 0 Å². The van der Waals surface area contributed by atoms with Crippen molar-refractivity contribution in [3.05, 3.63) is 24.3 Å². The molecule has 1 aliphatic rings. The van der Waals surface area contributed by atoms with Crippen molar-refractivity contribution in [2.45, 2.75) is 19.1 Å². The molecule has 1 amide bonds. The summed E-state index contributed by atoms with van der Waals surface area (Å²) < 4.78 is 5.51. The zero-order chi connectivity index (χ0) is 12.3. The van der Waals surface area contributed by atoms with Crippen LogP contribution < -0.4 is 5.73 Å². The Hall–Kier alpha value is -1.53. The van der Waals surface area contributed by atoms with Crippen LogP contribution >= 0.6 is 0 Å². The summed E-state index contributed by atoms with van der Waals surface area (Å²) in [5.41, 5.74) is 6.06. The Labute approximate surface area is 99.8 Å². The number of carbonyl (C=O) groups excluding carboxylic acids is 1. The summed E-state index contributed by atoms with van der Waals surface area (Å²) in [6, 6.07) is 0.0468. The van der Waals surface area contributed by atoms with Crippen LogP contribution in [0.15, 0.2) is 18.7 Å². The quantitative estimate of drug-likeness (QED) is 0.760. The van der Waals surface area contributed by atoms with Gasteiger partial charge in [0, 0.05) is 25.5 Å². The fourth-order valence-corrected chi connectivity index (χ4v) is 1.82. The third-order valence-electron chi connectivity index (χ3n) is 2.84. The van der Waals surface area contributed by atoms with Crippen LogP contribution in [0.1, 0.15) is 17.3 Å². The van der Waals surface area contributed by atoms with Gasteiger partial charge in [-0.05, 0) is 6.92 Å². The summed E-state index contributed by atoms with van der Waals surface area (Å²) in [6.07, 6.45) is 4.37. The molecule has 6 heteroatoms. The molecule has 92 valence electrons. The minimum absolute atomic E-state index is 0.0468. The maximum absolute atomic E-state index is 12.2. The molecule has 1 saturated heterocycles. The molecule has 1 aromatic heterocycles. The lowest BCUT2D eigenvalue weighted by atomic mass is 10.1. The molecule has 1 aromatic rings. The number of nitrogens with two attached hydrogens (primary N) is 1. The van der Waals surface area contributed by atoms with Crippen LogP contribution in [0.5, 0.6) is 0 Å². The van der Waals surface area contributed by atoms with Crippen LogP contribution in [0.3, 0.4) is 0 Å². The van der Waals surface area contributed by atoms with E-state index in [0.717, 1.165) is 0 Å². The van der Waals surface area contributed by atoms with E-state index in [0.29, 0.717) is 25.3 Å². The predicted molar refractivity (Wildman–Crippen MR) is 61.3 cm³/mol. The molecule has 2 rings (SSSR count). The second kappa shape index (κ2) is 5.20. The Balaban J connectivity index is 2.12. The highest BCUT2D eigenvalue weighted by molar-refractivity contribution is 5.93. The van der Waals surface area contributed by atoms with Gasteiger partial charge in [-0.2, -0.15) is 0 Å². The van der Waals surface area contributed by atoms with E-state index in [1.165, 1.54) is 18.7 Å². The third kappa shape index (κ3) is 2.59. The van der Waals surface area contributed by atoms with Gasteiger partial charge in [0.1, 0.15) is 6.33 Å². The Morgan fingerprint density at radius 3 is 2.94 bits per heavy atom. The van der Waals surface area contributed by atoms with E-state index in [2.05, 4.69) is 9.97 Å². The second-order valence-electron chi connectivity index (χ2n) is 4.12. The highest BCUT2D eigenvalue weighted by Gasteiger charge is 2.29. The van der Waals surface area contributed by atoms with Gasteiger partial charge in [-0.25, -0.2) is 9.97 Å². The summed E-state index contributed by atoms with van der Waals surface area (Å²) in [6.45, 7) is 3.41. The number of aromatic nitrogens is 2. The smallest absolute Gasteiger partial charge is 0.257 e. The number of hydrogen-bond acceptors (Lipinski definition) is 5.